The largest absolute Gasteiger partial charge is 0.508 e. The second kappa shape index (κ2) is 10.5. The van der Waals surface area contributed by atoms with E-state index in [-0.39, 0.29) is 0 Å². The molecular formula is C33H48N2O5. The van der Waals surface area contributed by atoms with Gasteiger partial charge in [-0.15, -0.1) is 0 Å². The van der Waals surface area contributed by atoms with Crippen LogP contribution in [0.3, 0.4) is 0 Å². The summed E-state index contributed by atoms with van der Waals surface area (Å²) in [4.78, 5) is 30.1. The van der Waals surface area contributed by atoms with Crippen molar-refractivity contribution in [2.75, 3.05) is 26.2 Å². The maximum Gasteiger partial charge on any atom is 0.239 e. The van der Waals surface area contributed by atoms with Crippen molar-refractivity contribution in [3.8, 4) is 5.75 Å². The summed E-state index contributed by atoms with van der Waals surface area (Å²) in [6.45, 7) is 5.65. The van der Waals surface area contributed by atoms with Crippen molar-refractivity contribution < 1.29 is 24.7 Å². The van der Waals surface area contributed by atoms with E-state index in [0.717, 1.165) is 68.8 Å². The van der Waals surface area contributed by atoms with Gasteiger partial charge in [0.1, 0.15) is 5.75 Å². The van der Waals surface area contributed by atoms with Crippen LogP contribution in [0.5, 0.6) is 5.75 Å². The molecule has 9 rings (SSSR count). The molecule has 5 saturated carbocycles. The van der Waals surface area contributed by atoms with Crippen molar-refractivity contribution >= 4 is 0 Å². The third-order valence-electron chi connectivity index (χ3n) is 12.1. The summed E-state index contributed by atoms with van der Waals surface area (Å²) in [6.07, 6.45) is 16.2. The van der Waals surface area contributed by atoms with Gasteiger partial charge in [-0.2, -0.15) is 19.6 Å². The molecule has 7 nitrogen and oxygen atoms in total. The zero-order valence-corrected chi connectivity index (χ0v) is 24.1. The highest BCUT2D eigenvalue weighted by Gasteiger charge is 2.64. The number of phenols is 1. The molecule has 220 valence electrons. The van der Waals surface area contributed by atoms with E-state index in [1.807, 2.05) is 6.07 Å². The number of piperidine rings is 2. The molecule has 8 aliphatic rings. The predicted octanol–water partition coefficient (Wildman–Crippen LogP) is 6.26. The van der Waals surface area contributed by atoms with Gasteiger partial charge in [0.25, 0.3) is 0 Å². The minimum atomic E-state index is -0.783. The molecule has 3 saturated heterocycles. The second-order valence-electron chi connectivity index (χ2n) is 14.5. The molecule has 40 heavy (non-hydrogen) atoms. The molecule has 2 spiro atoms. The van der Waals surface area contributed by atoms with Crippen molar-refractivity contribution in [1.29, 1.82) is 0 Å². The van der Waals surface area contributed by atoms with Crippen LogP contribution in [0.4, 0.5) is 0 Å². The minimum absolute atomic E-state index is 0.406. The Kier molecular flexibility index (Phi) is 6.93. The molecule has 1 aromatic rings. The Bertz CT molecular complexity index is 1020. The topological polar surface area (TPSA) is 63.6 Å². The fourth-order valence-corrected chi connectivity index (χ4v) is 9.93. The van der Waals surface area contributed by atoms with Crippen LogP contribution in [-0.4, -0.2) is 58.7 Å². The second-order valence-corrected chi connectivity index (χ2v) is 14.5. The minimum Gasteiger partial charge on any atom is -0.508 e. The van der Waals surface area contributed by atoms with Crippen LogP contribution >= 0.6 is 0 Å². The number of rotatable bonds is 4. The Hall–Kier alpha value is -1.22. The van der Waals surface area contributed by atoms with E-state index in [9.17, 15) is 5.11 Å². The summed E-state index contributed by atoms with van der Waals surface area (Å²) in [6, 6.07) is 7.03. The molecule has 8 fully saturated rings. The third-order valence-corrected chi connectivity index (χ3v) is 12.1. The van der Waals surface area contributed by atoms with Crippen molar-refractivity contribution in [2.45, 2.75) is 120 Å². The SMILES string of the molecule is Oc1ccc(C2CCC3(CC2)OOC2(OO3)C3CC4CC(C3)CC2C4)cc1CN1CCC(N2CCCCC2)CC1. The molecule has 4 bridgehead atoms. The number of likely N-dealkylation sites (tertiary alicyclic amines) is 2. The number of nitrogens with zero attached hydrogens (tertiary/aromatic N) is 2. The van der Waals surface area contributed by atoms with Crippen LogP contribution in [0.15, 0.2) is 18.2 Å². The van der Waals surface area contributed by atoms with Crippen molar-refractivity contribution in [3.63, 3.8) is 0 Å². The first-order chi connectivity index (χ1) is 19.6. The Morgan fingerprint density at radius 1 is 0.750 bits per heavy atom. The fourth-order valence-electron chi connectivity index (χ4n) is 9.93. The molecular weight excluding hydrogens is 504 g/mol. The number of hydrogen-bond donors (Lipinski definition) is 1. The summed E-state index contributed by atoms with van der Waals surface area (Å²) < 4.78 is 0. The van der Waals surface area contributed by atoms with Crippen LogP contribution in [0.2, 0.25) is 0 Å². The smallest absolute Gasteiger partial charge is 0.239 e. The average molecular weight is 553 g/mol. The van der Waals surface area contributed by atoms with Crippen LogP contribution in [0.1, 0.15) is 107 Å². The van der Waals surface area contributed by atoms with Gasteiger partial charge in [-0.25, -0.2) is 0 Å². The summed E-state index contributed by atoms with van der Waals surface area (Å²) in [5.74, 6) is 1.89. The molecule has 0 unspecified atom stereocenters. The Balaban J connectivity index is 0.861. The normalized spacial score (nSPS) is 42.6. The van der Waals surface area contributed by atoms with Gasteiger partial charge in [-0.1, -0.05) is 18.6 Å². The lowest BCUT2D eigenvalue weighted by molar-refractivity contribution is -0.680. The van der Waals surface area contributed by atoms with Gasteiger partial charge in [0.15, 0.2) is 0 Å². The summed E-state index contributed by atoms with van der Waals surface area (Å²) in [5, 5.41) is 10.7. The van der Waals surface area contributed by atoms with E-state index in [2.05, 4.69) is 21.9 Å². The first-order valence-corrected chi connectivity index (χ1v) is 16.6. The first kappa shape index (κ1) is 26.4. The zero-order valence-electron chi connectivity index (χ0n) is 24.1. The molecule has 1 aromatic carbocycles. The molecule has 0 atom stereocenters. The highest BCUT2D eigenvalue weighted by molar-refractivity contribution is 5.38. The van der Waals surface area contributed by atoms with Gasteiger partial charge in [0, 0.05) is 42.8 Å². The number of hydrogen-bond acceptors (Lipinski definition) is 7. The van der Waals surface area contributed by atoms with Gasteiger partial charge in [-0.3, -0.25) is 4.90 Å². The molecule has 7 heteroatoms. The molecule has 0 amide bonds. The fraction of sp³-hybridized carbons (Fsp3) is 0.818. The first-order valence-electron chi connectivity index (χ1n) is 16.6. The molecule has 3 aliphatic heterocycles. The van der Waals surface area contributed by atoms with Crippen LogP contribution in [-0.2, 0) is 26.1 Å². The Labute approximate surface area is 239 Å². The zero-order chi connectivity index (χ0) is 26.7. The lowest BCUT2D eigenvalue weighted by Crippen LogP contribution is -2.64. The highest BCUT2D eigenvalue weighted by Crippen LogP contribution is 2.62. The summed E-state index contributed by atoms with van der Waals surface area (Å²) in [7, 11) is 0. The van der Waals surface area contributed by atoms with Crippen molar-refractivity contribution in [2.24, 2.45) is 23.7 Å². The van der Waals surface area contributed by atoms with E-state index in [1.165, 1.54) is 82.9 Å². The van der Waals surface area contributed by atoms with Gasteiger partial charge in [-0.05, 0) is 126 Å². The van der Waals surface area contributed by atoms with E-state index in [4.69, 9.17) is 19.6 Å². The number of phenolic OH excluding ortho intramolecular Hbond substituents is 1. The van der Waals surface area contributed by atoms with E-state index in [0.29, 0.717) is 23.5 Å². The van der Waals surface area contributed by atoms with E-state index < -0.39 is 11.6 Å². The van der Waals surface area contributed by atoms with Crippen LogP contribution in [0.25, 0.3) is 0 Å². The van der Waals surface area contributed by atoms with Crippen LogP contribution < -0.4 is 0 Å². The molecule has 1 N–H and O–H groups in total. The average Bonchev–Trinajstić information content (AvgIpc) is 2.99. The van der Waals surface area contributed by atoms with E-state index in [1.54, 1.807) is 0 Å². The molecule has 3 heterocycles. The molecule has 5 aliphatic carbocycles. The van der Waals surface area contributed by atoms with Gasteiger partial charge >= 0.3 is 0 Å². The standard InChI is InChI=1S/C33H48N2O5/c36-31-5-4-26(21-27(31)22-34-14-8-30(9-15-34)35-12-2-1-3-13-35)25-6-10-32(11-7-25)37-39-33(40-38-32)28-17-23-16-24(19-28)20-29(33)18-23/h4-5,21,23-25,28-30,36H,1-3,6-20,22H2. The lowest BCUT2D eigenvalue weighted by atomic mass is 9.53. The quantitative estimate of drug-likeness (QED) is 0.443. The van der Waals surface area contributed by atoms with Gasteiger partial charge in [0.2, 0.25) is 11.6 Å². The Morgan fingerprint density at radius 2 is 1.40 bits per heavy atom. The summed E-state index contributed by atoms with van der Waals surface area (Å²) >= 11 is 0. The summed E-state index contributed by atoms with van der Waals surface area (Å²) in [5.41, 5.74) is 2.39. The highest BCUT2D eigenvalue weighted by atomic mass is 17.4. The number of aromatic hydroxyl groups is 1. The third kappa shape index (κ3) is 4.73. The lowest BCUT2D eigenvalue weighted by Gasteiger charge is -2.60. The van der Waals surface area contributed by atoms with Crippen molar-refractivity contribution in [3.05, 3.63) is 29.3 Å². The predicted molar refractivity (Wildman–Crippen MR) is 150 cm³/mol. The monoisotopic (exact) mass is 552 g/mol. The molecule has 0 radical (unpaired) electrons. The molecule has 0 aromatic heterocycles. The number of benzene rings is 1. The van der Waals surface area contributed by atoms with Crippen molar-refractivity contribution in [1.82, 2.24) is 9.80 Å². The maximum absolute atomic E-state index is 10.7. The van der Waals surface area contributed by atoms with Crippen LogP contribution in [0, 0.1) is 23.7 Å². The van der Waals surface area contributed by atoms with Gasteiger partial charge in [0.05, 0.1) is 0 Å². The van der Waals surface area contributed by atoms with E-state index >= 15 is 0 Å². The maximum atomic E-state index is 10.7. The van der Waals surface area contributed by atoms with Gasteiger partial charge < -0.3 is 10.0 Å². The Morgan fingerprint density at radius 3 is 2.05 bits per heavy atom.